The van der Waals surface area contributed by atoms with Crippen molar-refractivity contribution in [1.82, 2.24) is 25.1 Å². The molecule has 2 aromatic rings. The number of aromatic nitrogens is 5. The molecule has 2 heterocycles. The molecule has 96 valence electrons. The normalized spacial score (nSPS) is 10.6. The van der Waals surface area contributed by atoms with Crippen LogP contribution in [-0.4, -0.2) is 31.7 Å². The third kappa shape index (κ3) is 3.20. The molecule has 0 aliphatic heterocycles. The van der Waals surface area contributed by atoms with Gasteiger partial charge in [0.25, 0.3) is 0 Å². The molecule has 0 radical (unpaired) electrons. The first-order valence-electron chi connectivity index (χ1n) is 5.52. The van der Waals surface area contributed by atoms with E-state index in [0.717, 1.165) is 34.1 Å². The smallest absolute Gasteiger partial charge is 0.214 e. The summed E-state index contributed by atoms with van der Waals surface area (Å²) < 4.78 is 0.839. The molecule has 6 nitrogen and oxygen atoms in total. The Morgan fingerprint density at radius 1 is 1.44 bits per heavy atom. The minimum Gasteiger partial charge on any atom is -0.369 e. The minimum absolute atomic E-state index is 0.647. The summed E-state index contributed by atoms with van der Waals surface area (Å²) in [4.78, 5) is 12.6. The number of rotatable bonds is 5. The van der Waals surface area contributed by atoms with Crippen molar-refractivity contribution in [3.8, 4) is 0 Å². The average molecular weight is 329 g/mol. The molecule has 18 heavy (non-hydrogen) atoms. The highest BCUT2D eigenvalue weighted by Crippen LogP contribution is 2.33. The Morgan fingerprint density at radius 2 is 2.28 bits per heavy atom. The molecule has 2 aromatic heterocycles. The van der Waals surface area contributed by atoms with Crippen molar-refractivity contribution >= 4 is 33.5 Å². The summed E-state index contributed by atoms with van der Waals surface area (Å²) in [6.45, 7) is 4.84. The van der Waals surface area contributed by atoms with Crippen LogP contribution in [0, 0.1) is 6.92 Å². The van der Waals surface area contributed by atoms with E-state index in [1.807, 2.05) is 6.92 Å². The molecule has 0 saturated heterocycles. The Morgan fingerprint density at radius 3 is 2.94 bits per heavy atom. The lowest BCUT2D eigenvalue weighted by Crippen LogP contribution is -2.03. The summed E-state index contributed by atoms with van der Waals surface area (Å²) in [7, 11) is 0. The number of nitrogens with zero attached hydrogens (tertiary/aromatic N) is 4. The van der Waals surface area contributed by atoms with Crippen LogP contribution in [0.5, 0.6) is 0 Å². The van der Waals surface area contributed by atoms with Gasteiger partial charge in [0, 0.05) is 6.54 Å². The van der Waals surface area contributed by atoms with Gasteiger partial charge in [-0.15, -0.1) is 5.10 Å². The van der Waals surface area contributed by atoms with E-state index in [4.69, 9.17) is 0 Å². The fraction of sp³-hybridized carbons (Fsp3) is 0.400. The predicted molar refractivity (Wildman–Crippen MR) is 73.8 cm³/mol. The van der Waals surface area contributed by atoms with E-state index in [0.29, 0.717) is 5.16 Å². The summed E-state index contributed by atoms with van der Waals surface area (Å²) in [6.07, 6.45) is 2.57. The van der Waals surface area contributed by atoms with Crippen LogP contribution in [0.1, 0.15) is 19.2 Å². The predicted octanol–water partition coefficient (Wildman–Crippen LogP) is 2.64. The van der Waals surface area contributed by atoms with E-state index >= 15 is 0 Å². The number of nitrogens with one attached hydrogen (secondary N) is 2. The third-order valence-corrected chi connectivity index (χ3v) is 3.95. The molecule has 0 fully saturated rings. The zero-order chi connectivity index (χ0) is 13.0. The summed E-state index contributed by atoms with van der Waals surface area (Å²) in [5, 5.41) is 11.5. The number of hydrogen-bond acceptors (Lipinski definition) is 6. The molecule has 0 atom stereocenters. The maximum Gasteiger partial charge on any atom is 0.214 e. The Hall–Kier alpha value is -1.15. The zero-order valence-electron chi connectivity index (χ0n) is 10.1. The van der Waals surface area contributed by atoms with Crippen LogP contribution in [0.15, 0.2) is 21.0 Å². The minimum atomic E-state index is 0.647. The highest BCUT2D eigenvalue weighted by atomic mass is 79.9. The topological polar surface area (TPSA) is 79.4 Å². The molecule has 2 rings (SSSR count). The summed E-state index contributed by atoms with van der Waals surface area (Å²) >= 11 is 4.89. The molecule has 0 saturated carbocycles. The van der Waals surface area contributed by atoms with E-state index < -0.39 is 0 Å². The highest BCUT2D eigenvalue weighted by molar-refractivity contribution is 9.10. The summed E-state index contributed by atoms with van der Waals surface area (Å²) in [5.41, 5.74) is 0. The van der Waals surface area contributed by atoms with Gasteiger partial charge >= 0.3 is 0 Å². The van der Waals surface area contributed by atoms with Crippen molar-refractivity contribution in [1.29, 1.82) is 0 Å². The summed E-state index contributed by atoms with van der Waals surface area (Å²) in [5.74, 6) is 1.58. The van der Waals surface area contributed by atoms with Gasteiger partial charge < -0.3 is 5.32 Å². The monoisotopic (exact) mass is 328 g/mol. The van der Waals surface area contributed by atoms with Crippen LogP contribution in [0.3, 0.4) is 0 Å². The Labute approximate surface area is 118 Å². The van der Waals surface area contributed by atoms with Gasteiger partial charge in [0.15, 0.2) is 0 Å². The van der Waals surface area contributed by atoms with Gasteiger partial charge in [0.1, 0.15) is 23.0 Å². The Kier molecular flexibility index (Phi) is 4.54. The van der Waals surface area contributed by atoms with Crippen molar-refractivity contribution in [2.75, 3.05) is 11.9 Å². The molecular formula is C10H13BrN6S. The largest absolute Gasteiger partial charge is 0.369 e. The zero-order valence-corrected chi connectivity index (χ0v) is 12.5. The van der Waals surface area contributed by atoms with E-state index in [2.05, 4.69) is 53.3 Å². The molecule has 0 aliphatic rings. The number of hydrogen-bond donors (Lipinski definition) is 2. The Bertz CT molecular complexity index is 529. The first-order chi connectivity index (χ1) is 8.70. The van der Waals surface area contributed by atoms with Gasteiger partial charge in [-0.1, -0.05) is 6.92 Å². The van der Waals surface area contributed by atoms with Gasteiger partial charge in [-0.3, -0.25) is 5.10 Å². The molecular weight excluding hydrogens is 316 g/mol. The SMILES string of the molecule is CCCNc1ncnc(Sc2n[nH]c(C)n2)c1Br. The molecule has 0 spiro atoms. The van der Waals surface area contributed by atoms with Gasteiger partial charge in [0.2, 0.25) is 5.16 Å². The second-order valence-electron chi connectivity index (χ2n) is 3.57. The van der Waals surface area contributed by atoms with Gasteiger partial charge in [-0.2, -0.15) is 0 Å². The second kappa shape index (κ2) is 6.14. The second-order valence-corrected chi connectivity index (χ2v) is 5.32. The third-order valence-electron chi connectivity index (χ3n) is 2.06. The lowest BCUT2D eigenvalue weighted by Gasteiger charge is -2.07. The number of aryl methyl sites for hydroxylation is 1. The van der Waals surface area contributed by atoms with Crippen LogP contribution < -0.4 is 5.32 Å². The molecule has 8 heteroatoms. The molecule has 0 amide bonds. The van der Waals surface area contributed by atoms with E-state index in [1.54, 1.807) is 0 Å². The summed E-state index contributed by atoms with van der Waals surface area (Å²) in [6, 6.07) is 0. The van der Waals surface area contributed by atoms with Gasteiger partial charge in [-0.25, -0.2) is 15.0 Å². The maximum atomic E-state index is 4.23. The van der Waals surface area contributed by atoms with Gasteiger partial charge in [0.05, 0.1) is 4.47 Å². The van der Waals surface area contributed by atoms with Crippen LogP contribution in [-0.2, 0) is 0 Å². The average Bonchev–Trinajstić information content (AvgIpc) is 2.76. The fourth-order valence-corrected chi connectivity index (χ4v) is 2.57. The first-order valence-corrected chi connectivity index (χ1v) is 7.13. The maximum absolute atomic E-state index is 4.23. The van der Waals surface area contributed by atoms with Crippen LogP contribution in [0.4, 0.5) is 5.82 Å². The molecule has 0 aromatic carbocycles. The number of H-pyrrole nitrogens is 1. The van der Waals surface area contributed by atoms with Crippen molar-refractivity contribution < 1.29 is 0 Å². The van der Waals surface area contributed by atoms with Gasteiger partial charge in [-0.05, 0) is 41.0 Å². The van der Waals surface area contributed by atoms with E-state index in [9.17, 15) is 0 Å². The van der Waals surface area contributed by atoms with Crippen molar-refractivity contribution in [3.63, 3.8) is 0 Å². The van der Waals surface area contributed by atoms with E-state index in [-0.39, 0.29) is 0 Å². The highest BCUT2D eigenvalue weighted by Gasteiger charge is 2.12. The number of aromatic amines is 1. The lowest BCUT2D eigenvalue weighted by atomic mass is 10.4. The van der Waals surface area contributed by atoms with Crippen molar-refractivity contribution in [2.24, 2.45) is 0 Å². The molecule has 0 bridgehead atoms. The fourth-order valence-electron chi connectivity index (χ4n) is 1.25. The van der Waals surface area contributed by atoms with Crippen molar-refractivity contribution in [3.05, 3.63) is 16.6 Å². The van der Waals surface area contributed by atoms with Crippen LogP contribution in [0.2, 0.25) is 0 Å². The molecule has 0 aliphatic carbocycles. The number of halogens is 1. The molecule has 2 N–H and O–H groups in total. The van der Waals surface area contributed by atoms with E-state index in [1.165, 1.54) is 18.1 Å². The first kappa shape index (κ1) is 13.3. The quantitative estimate of drug-likeness (QED) is 0.821. The van der Waals surface area contributed by atoms with Crippen molar-refractivity contribution in [2.45, 2.75) is 30.5 Å². The number of anilines is 1. The van der Waals surface area contributed by atoms with Crippen LogP contribution in [0.25, 0.3) is 0 Å². The lowest BCUT2D eigenvalue weighted by molar-refractivity contribution is 0.937. The van der Waals surface area contributed by atoms with Crippen LogP contribution >= 0.6 is 27.7 Å². The molecule has 0 unspecified atom stereocenters. The Balaban J connectivity index is 2.17. The standard InChI is InChI=1S/C10H13BrN6S/c1-3-4-12-8-7(11)9(14-5-13-8)18-10-15-6(2)16-17-10/h5H,3-4H2,1-2H3,(H,12,13,14)(H,15,16,17).